The van der Waals surface area contributed by atoms with E-state index in [4.69, 9.17) is 4.98 Å². The van der Waals surface area contributed by atoms with Crippen molar-refractivity contribution in [3.63, 3.8) is 0 Å². The molecule has 0 unspecified atom stereocenters. The zero-order valence-electron chi connectivity index (χ0n) is 13.4. The van der Waals surface area contributed by atoms with Gasteiger partial charge in [-0.25, -0.2) is 9.97 Å². The van der Waals surface area contributed by atoms with Crippen LogP contribution >= 0.6 is 22.6 Å². The Hall–Kier alpha value is -1.24. The van der Waals surface area contributed by atoms with Gasteiger partial charge in [0, 0.05) is 29.4 Å². The highest BCUT2D eigenvalue weighted by Gasteiger charge is 2.23. The number of anilines is 1. The molecule has 0 bridgehead atoms. The van der Waals surface area contributed by atoms with E-state index in [0.717, 1.165) is 37.9 Å². The maximum Gasteiger partial charge on any atom is 0.161 e. The fraction of sp³-hybridized carbons (Fsp3) is 0.438. The standard InChI is InChI=1S/C16H21IN4/c1-9-7-11(8-10(2)19-9)14-20-13(16(3,4)5)12(17)15(18-6)21-14/h7-8H,1-6H3,(H,18,20,21). The van der Waals surface area contributed by atoms with Crippen molar-refractivity contribution in [3.8, 4) is 11.4 Å². The Morgan fingerprint density at radius 3 is 2.05 bits per heavy atom. The second-order valence-corrected chi connectivity index (χ2v) is 7.28. The molecule has 0 saturated heterocycles. The highest BCUT2D eigenvalue weighted by Crippen LogP contribution is 2.31. The van der Waals surface area contributed by atoms with Gasteiger partial charge in [-0.15, -0.1) is 0 Å². The number of aryl methyl sites for hydroxylation is 2. The summed E-state index contributed by atoms with van der Waals surface area (Å²) in [6, 6.07) is 4.06. The molecule has 0 aliphatic rings. The van der Waals surface area contributed by atoms with E-state index >= 15 is 0 Å². The number of nitrogens with zero attached hydrogens (tertiary/aromatic N) is 3. The first kappa shape index (κ1) is 16.1. The summed E-state index contributed by atoms with van der Waals surface area (Å²) in [5.41, 5.74) is 4.01. The van der Waals surface area contributed by atoms with Crippen LogP contribution in [0.25, 0.3) is 11.4 Å². The molecule has 2 aromatic heterocycles. The van der Waals surface area contributed by atoms with E-state index in [1.54, 1.807) is 0 Å². The fourth-order valence-corrected chi connectivity index (χ4v) is 3.52. The molecule has 0 spiro atoms. The van der Waals surface area contributed by atoms with Gasteiger partial charge in [0.25, 0.3) is 0 Å². The predicted molar refractivity (Wildman–Crippen MR) is 95.7 cm³/mol. The van der Waals surface area contributed by atoms with Crippen LogP contribution in [-0.4, -0.2) is 22.0 Å². The molecule has 0 aromatic carbocycles. The third kappa shape index (κ3) is 3.51. The smallest absolute Gasteiger partial charge is 0.161 e. The Morgan fingerprint density at radius 1 is 1.00 bits per heavy atom. The Bertz CT molecular complexity index is 654. The van der Waals surface area contributed by atoms with Crippen molar-refractivity contribution in [2.75, 3.05) is 12.4 Å². The first-order valence-corrected chi connectivity index (χ1v) is 8.01. The van der Waals surface area contributed by atoms with Crippen LogP contribution in [0, 0.1) is 17.4 Å². The van der Waals surface area contributed by atoms with Gasteiger partial charge < -0.3 is 5.32 Å². The number of hydrogen-bond donors (Lipinski definition) is 1. The van der Waals surface area contributed by atoms with Gasteiger partial charge in [0.15, 0.2) is 5.82 Å². The van der Waals surface area contributed by atoms with Gasteiger partial charge in [-0.05, 0) is 48.6 Å². The van der Waals surface area contributed by atoms with E-state index in [0.29, 0.717) is 0 Å². The van der Waals surface area contributed by atoms with Crippen LogP contribution < -0.4 is 5.32 Å². The van der Waals surface area contributed by atoms with Crippen molar-refractivity contribution in [2.24, 2.45) is 0 Å². The number of pyridine rings is 1. The van der Waals surface area contributed by atoms with Crippen molar-refractivity contribution in [2.45, 2.75) is 40.0 Å². The minimum atomic E-state index is -0.0308. The van der Waals surface area contributed by atoms with E-state index in [-0.39, 0.29) is 5.41 Å². The molecule has 0 saturated carbocycles. The van der Waals surface area contributed by atoms with Crippen molar-refractivity contribution < 1.29 is 0 Å². The van der Waals surface area contributed by atoms with E-state index in [2.05, 4.69) is 58.6 Å². The highest BCUT2D eigenvalue weighted by molar-refractivity contribution is 14.1. The number of rotatable bonds is 2. The predicted octanol–water partition coefficient (Wildman–Crippen LogP) is 4.10. The second kappa shape index (κ2) is 5.87. The Labute approximate surface area is 140 Å². The fourth-order valence-electron chi connectivity index (χ4n) is 2.20. The second-order valence-electron chi connectivity index (χ2n) is 6.20. The van der Waals surface area contributed by atoms with Gasteiger partial charge in [-0.2, -0.15) is 0 Å². The first-order valence-electron chi connectivity index (χ1n) is 6.94. The number of aromatic nitrogens is 3. The molecule has 0 aliphatic heterocycles. The summed E-state index contributed by atoms with van der Waals surface area (Å²) < 4.78 is 1.08. The summed E-state index contributed by atoms with van der Waals surface area (Å²) in [7, 11) is 1.89. The number of hydrogen-bond acceptors (Lipinski definition) is 4. The van der Waals surface area contributed by atoms with Crippen LogP contribution in [0.15, 0.2) is 12.1 Å². The summed E-state index contributed by atoms with van der Waals surface area (Å²) in [5, 5.41) is 3.17. The maximum atomic E-state index is 4.82. The van der Waals surface area contributed by atoms with Gasteiger partial charge >= 0.3 is 0 Å². The molecule has 5 heteroatoms. The zero-order chi connectivity index (χ0) is 15.8. The lowest BCUT2D eigenvalue weighted by Crippen LogP contribution is -2.18. The summed E-state index contributed by atoms with van der Waals surface area (Å²) in [5.74, 6) is 1.62. The average Bonchev–Trinajstić information content (AvgIpc) is 2.36. The molecular formula is C16H21IN4. The lowest BCUT2D eigenvalue weighted by Gasteiger charge is -2.21. The third-order valence-electron chi connectivity index (χ3n) is 3.14. The molecule has 0 fully saturated rings. The SMILES string of the molecule is CNc1nc(-c2cc(C)nc(C)c2)nc(C(C)(C)C)c1I. The highest BCUT2D eigenvalue weighted by atomic mass is 127. The van der Waals surface area contributed by atoms with Gasteiger partial charge in [-0.3, -0.25) is 4.98 Å². The lowest BCUT2D eigenvalue weighted by atomic mass is 9.91. The number of nitrogens with one attached hydrogen (secondary N) is 1. The van der Waals surface area contributed by atoms with E-state index in [1.165, 1.54) is 0 Å². The van der Waals surface area contributed by atoms with Crippen molar-refractivity contribution in [3.05, 3.63) is 32.8 Å². The molecule has 2 aromatic rings. The zero-order valence-corrected chi connectivity index (χ0v) is 15.5. The topological polar surface area (TPSA) is 50.7 Å². The molecule has 2 rings (SSSR count). The van der Waals surface area contributed by atoms with Gasteiger partial charge in [0.05, 0.1) is 9.26 Å². The molecule has 2 heterocycles. The van der Waals surface area contributed by atoms with Gasteiger partial charge in [0.2, 0.25) is 0 Å². The van der Waals surface area contributed by atoms with Gasteiger partial charge in [0.1, 0.15) is 5.82 Å². The van der Waals surface area contributed by atoms with Crippen LogP contribution in [0.4, 0.5) is 5.82 Å². The molecule has 0 aliphatic carbocycles. The molecular weight excluding hydrogens is 375 g/mol. The molecule has 4 nitrogen and oxygen atoms in total. The van der Waals surface area contributed by atoms with Crippen molar-refractivity contribution >= 4 is 28.4 Å². The van der Waals surface area contributed by atoms with Crippen LogP contribution in [0.2, 0.25) is 0 Å². The van der Waals surface area contributed by atoms with Gasteiger partial charge in [-0.1, -0.05) is 20.8 Å². The van der Waals surface area contributed by atoms with E-state index in [1.807, 2.05) is 33.0 Å². The summed E-state index contributed by atoms with van der Waals surface area (Å²) in [6.45, 7) is 10.5. The Kier molecular flexibility index (Phi) is 4.51. The number of halogens is 1. The quantitative estimate of drug-likeness (QED) is 0.777. The Morgan fingerprint density at radius 2 is 1.57 bits per heavy atom. The monoisotopic (exact) mass is 396 g/mol. The van der Waals surface area contributed by atoms with E-state index < -0.39 is 0 Å². The Balaban J connectivity index is 2.69. The minimum absolute atomic E-state index is 0.0308. The average molecular weight is 396 g/mol. The minimum Gasteiger partial charge on any atom is -0.372 e. The van der Waals surface area contributed by atoms with Crippen LogP contribution in [0.5, 0.6) is 0 Å². The van der Waals surface area contributed by atoms with Crippen LogP contribution in [0.1, 0.15) is 37.9 Å². The van der Waals surface area contributed by atoms with E-state index in [9.17, 15) is 0 Å². The largest absolute Gasteiger partial charge is 0.372 e. The molecule has 112 valence electrons. The molecule has 0 amide bonds. The normalized spacial score (nSPS) is 11.6. The summed E-state index contributed by atoms with van der Waals surface area (Å²) >= 11 is 2.32. The summed E-state index contributed by atoms with van der Waals surface area (Å²) in [6.07, 6.45) is 0. The molecule has 0 atom stereocenters. The first-order chi connectivity index (χ1) is 9.72. The molecule has 1 N–H and O–H groups in total. The third-order valence-corrected chi connectivity index (χ3v) is 4.16. The maximum absolute atomic E-state index is 4.82. The van der Waals surface area contributed by atoms with Crippen LogP contribution in [-0.2, 0) is 5.41 Å². The van der Waals surface area contributed by atoms with Crippen molar-refractivity contribution in [1.82, 2.24) is 15.0 Å². The lowest BCUT2D eigenvalue weighted by molar-refractivity contribution is 0.564. The molecule has 21 heavy (non-hydrogen) atoms. The van der Waals surface area contributed by atoms with Crippen LogP contribution in [0.3, 0.4) is 0 Å². The van der Waals surface area contributed by atoms with Crippen molar-refractivity contribution in [1.29, 1.82) is 0 Å². The molecule has 0 radical (unpaired) electrons. The summed E-state index contributed by atoms with van der Waals surface area (Å²) in [4.78, 5) is 13.9.